The molecule has 6 rings (SSSR count). The highest BCUT2D eigenvalue weighted by Gasteiger charge is 2.57. The molecule has 1 aliphatic carbocycles. The van der Waals surface area contributed by atoms with Gasteiger partial charge in [-0.1, -0.05) is 12.1 Å². The second-order valence-corrected chi connectivity index (χ2v) is 11.6. The summed E-state index contributed by atoms with van der Waals surface area (Å²) >= 11 is 0. The molecule has 0 spiro atoms. The van der Waals surface area contributed by atoms with Crippen LogP contribution in [0.15, 0.2) is 48.7 Å². The molecular formula is C31H28F5N5O6. The van der Waals surface area contributed by atoms with Crippen molar-refractivity contribution < 1.29 is 50.9 Å². The molecule has 0 bridgehead atoms. The zero-order valence-electron chi connectivity index (χ0n) is 24.9. The Labute approximate surface area is 263 Å². The molecule has 4 N–H and O–H groups in total. The number of nitrogens with zero attached hydrogens (tertiary/aromatic N) is 3. The molecule has 1 fully saturated rings. The van der Waals surface area contributed by atoms with E-state index >= 15 is 0 Å². The number of carbonyl (C=O) groups is 2. The minimum Gasteiger partial charge on any atom is -0.494 e. The summed E-state index contributed by atoms with van der Waals surface area (Å²) in [5.41, 5.74) is -0.883. The molecule has 47 heavy (non-hydrogen) atoms. The van der Waals surface area contributed by atoms with Gasteiger partial charge < -0.3 is 30.4 Å². The zero-order valence-corrected chi connectivity index (χ0v) is 24.9. The van der Waals surface area contributed by atoms with E-state index in [9.17, 15) is 36.6 Å². The summed E-state index contributed by atoms with van der Waals surface area (Å²) in [5, 5.41) is 18.5. The number of nitrogens with one attached hydrogen (secondary N) is 1. The fraction of sp³-hybridized carbons (Fsp3) is 0.355. The largest absolute Gasteiger partial charge is 0.494 e. The molecule has 0 unspecified atom stereocenters. The Bertz CT molecular complexity index is 1890. The Kier molecular flexibility index (Phi) is 7.73. The molecule has 0 radical (unpaired) electrons. The first-order valence-electron chi connectivity index (χ1n) is 14.3. The highest BCUT2D eigenvalue weighted by molar-refractivity contribution is 6.00. The van der Waals surface area contributed by atoms with Crippen LogP contribution in [-0.4, -0.2) is 64.7 Å². The first kappa shape index (κ1) is 32.0. The summed E-state index contributed by atoms with van der Waals surface area (Å²) < 4.78 is 87.5. The molecule has 1 saturated carbocycles. The SMILES string of the molecule is COc1cc(C(=O)NC[C@](O)(c2cc3c(c(-c4cccc(OC(F)F)c4)n2)OC[C@]3(C)C(N)=O)C(F)(F)F)cc2cn(C3CC3)nc12. The number of benzene rings is 2. The lowest BCUT2D eigenvalue weighted by Gasteiger charge is -2.31. The molecule has 2 aliphatic rings. The number of fused-ring (bicyclic) bond motifs is 2. The van der Waals surface area contributed by atoms with Crippen LogP contribution in [-0.2, 0) is 15.8 Å². The van der Waals surface area contributed by atoms with Crippen molar-refractivity contribution in [3.8, 4) is 28.5 Å². The van der Waals surface area contributed by atoms with Crippen molar-refractivity contribution in [2.45, 2.75) is 49.6 Å². The number of halogens is 5. The molecule has 248 valence electrons. The van der Waals surface area contributed by atoms with Crippen LogP contribution in [0, 0.1) is 0 Å². The molecule has 2 aromatic heterocycles. The normalized spacial score (nSPS) is 18.8. The average Bonchev–Trinajstić information content (AvgIpc) is 3.69. The Morgan fingerprint density at radius 3 is 2.60 bits per heavy atom. The lowest BCUT2D eigenvalue weighted by atomic mass is 9.81. The molecule has 2 amide bonds. The maximum atomic E-state index is 14.8. The van der Waals surface area contributed by atoms with Gasteiger partial charge in [0.2, 0.25) is 11.5 Å². The number of hydrogen-bond acceptors (Lipinski definition) is 8. The number of hydrogen-bond donors (Lipinski definition) is 3. The molecule has 3 heterocycles. The number of carbonyl (C=O) groups excluding carboxylic acids is 2. The predicted molar refractivity (Wildman–Crippen MR) is 155 cm³/mol. The monoisotopic (exact) mass is 661 g/mol. The maximum absolute atomic E-state index is 14.8. The third-order valence-corrected chi connectivity index (χ3v) is 8.34. The van der Waals surface area contributed by atoms with E-state index in [-0.39, 0.29) is 52.3 Å². The molecule has 2 aromatic carbocycles. The lowest BCUT2D eigenvalue weighted by Crippen LogP contribution is -2.51. The summed E-state index contributed by atoms with van der Waals surface area (Å²) in [5.74, 6) is -2.14. The fourth-order valence-corrected chi connectivity index (χ4v) is 5.40. The maximum Gasteiger partial charge on any atom is 0.424 e. The number of nitrogens with two attached hydrogens (primary N) is 1. The van der Waals surface area contributed by atoms with E-state index in [4.69, 9.17) is 15.2 Å². The third kappa shape index (κ3) is 5.66. The molecule has 1 aliphatic heterocycles. The Hall–Kier alpha value is -4.99. The summed E-state index contributed by atoms with van der Waals surface area (Å²) in [4.78, 5) is 29.8. The van der Waals surface area contributed by atoms with Crippen LogP contribution in [0.1, 0.15) is 47.4 Å². The number of amides is 2. The van der Waals surface area contributed by atoms with E-state index in [1.165, 1.54) is 44.4 Å². The lowest BCUT2D eigenvalue weighted by molar-refractivity contribution is -0.265. The van der Waals surface area contributed by atoms with Crippen LogP contribution in [0.2, 0.25) is 0 Å². The Balaban J connectivity index is 1.40. The highest BCUT2D eigenvalue weighted by Crippen LogP contribution is 2.48. The average molecular weight is 662 g/mol. The van der Waals surface area contributed by atoms with Gasteiger partial charge in [0.15, 0.2) is 0 Å². The van der Waals surface area contributed by atoms with E-state index in [1.54, 1.807) is 10.9 Å². The number of methoxy groups -OCH3 is 1. The molecule has 0 saturated heterocycles. The predicted octanol–water partition coefficient (Wildman–Crippen LogP) is 4.36. The van der Waals surface area contributed by atoms with Crippen molar-refractivity contribution >= 4 is 22.7 Å². The Morgan fingerprint density at radius 1 is 1.21 bits per heavy atom. The third-order valence-electron chi connectivity index (χ3n) is 8.34. The van der Waals surface area contributed by atoms with Gasteiger partial charge in [0.25, 0.3) is 5.91 Å². The fourth-order valence-electron chi connectivity index (χ4n) is 5.40. The van der Waals surface area contributed by atoms with E-state index in [2.05, 4.69) is 20.1 Å². The van der Waals surface area contributed by atoms with Crippen LogP contribution < -0.4 is 25.3 Å². The molecule has 4 aromatic rings. The molecular weight excluding hydrogens is 633 g/mol. The standard InChI is InChI=1S/C31H28F5N5O6/c1-29(27(37)43)14-46-25-20(29)11-22(39-24(25)15-4-3-5-19(9-15)47-28(32)33)30(44,31(34,35)36)13-38-26(42)16-8-17-12-41(18-6-7-18)40-23(17)21(10-16)45-2/h3-5,8-12,18,28,44H,6-7,13-14H2,1-2H3,(H2,37,43)(H,38,42)/t29-,30-/m0/s1. The number of pyridine rings is 1. The van der Waals surface area contributed by atoms with Gasteiger partial charge in [0.05, 0.1) is 25.4 Å². The van der Waals surface area contributed by atoms with Gasteiger partial charge in [-0.3, -0.25) is 14.3 Å². The number of primary amides is 1. The zero-order chi connectivity index (χ0) is 33.9. The van der Waals surface area contributed by atoms with Gasteiger partial charge in [-0.15, -0.1) is 0 Å². The minimum absolute atomic E-state index is 0.0179. The van der Waals surface area contributed by atoms with E-state index in [0.29, 0.717) is 10.9 Å². The number of ether oxygens (including phenoxy) is 3. The van der Waals surface area contributed by atoms with Crippen LogP contribution in [0.3, 0.4) is 0 Å². The van der Waals surface area contributed by atoms with Crippen LogP contribution in [0.4, 0.5) is 22.0 Å². The van der Waals surface area contributed by atoms with E-state index < -0.39 is 47.9 Å². The van der Waals surface area contributed by atoms with Gasteiger partial charge in [0, 0.05) is 28.3 Å². The highest BCUT2D eigenvalue weighted by atomic mass is 19.4. The second-order valence-electron chi connectivity index (χ2n) is 11.6. The van der Waals surface area contributed by atoms with Crippen molar-refractivity contribution in [2.24, 2.45) is 5.73 Å². The van der Waals surface area contributed by atoms with Crippen molar-refractivity contribution in [1.82, 2.24) is 20.1 Å². The molecule has 11 nitrogen and oxygen atoms in total. The summed E-state index contributed by atoms with van der Waals surface area (Å²) in [6.45, 7) is -3.62. The van der Waals surface area contributed by atoms with Gasteiger partial charge in [-0.2, -0.15) is 27.1 Å². The first-order chi connectivity index (χ1) is 22.1. The van der Waals surface area contributed by atoms with Crippen molar-refractivity contribution in [3.63, 3.8) is 0 Å². The van der Waals surface area contributed by atoms with Gasteiger partial charge in [0.1, 0.15) is 40.5 Å². The second kappa shape index (κ2) is 11.4. The van der Waals surface area contributed by atoms with E-state index in [0.717, 1.165) is 25.0 Å². The van der Waals surface area contributed by atoms with Crippen LogP contribution >= 0.6 is 0 Å². The number of aromatic nitrogens is 3. The summed E-state index contributed by atoms with van der Waals surface area (Å²) in [6.07, 6.45) is -1.82. The number of rotatable bonds is 10. The van der Waals surface area contributed by atoms with Gasteiger partial charge in [-0.05, 0) is 50.1 Å². The summed E-state index contributed by atoms with van der Waals surface area (Å²) in [6, 6.07) is 8.76. The quantitative estimate of drug-likeness (QED) is 0.212. The molecule has 16 heteroatoms. The molecule has 2 atom stereocenters. The first-order valence-corrected chi connectivity index (χ1v) is 14.3. The van der Waals surface area contributed by atoms with Crippen molar-refractivity contribution in [1.29, 1.82) is 0 Å². The number of aliphatic hydroxyl groups is 1. The van der Waals surface area contributed by atoms with E-state index in [1.807, 2.05) is 0 Å². The topological polar surface area (TPSA) is 151 Å². The van der Waals surface area contributed by atoms with Crippen LogP contribution in [0.5, 0.6) is 17.2 Å². The number of alkyl halides is 5. The minimum atomic E-state index is -5.42. The summed E-state index contributed by atoms with van der Waals surface area (Å²) in [7, 11) is 1.37. The smallest absolute Gasteiger partial charge is 0.424 e. The van der Waals surface area contributed by atoms with Crippen molar-refractivity contribution in [2.75, 3.05) is 20.3 Å². The van der Waals surface area contributed by atoms with Gasteiger partial charge >= 0.3 is 12.8 Å². The van der Waals surface area contributed by atoms with Crippen molar-refractivity contribution in [3.05, 3.63) is 65.5 Å². The Morgan fingerprint density at radius 2 is 1.96 bits per heavy atom. The van der Waals surface area contributed by atoms with Gasteiger partial charge in [-0.25, -0.2) is 4.98 Å². The van der Waals surface area contributed by atoms with Crippen LogP contribution in [0.25, 0.3) is 22.2 Å².